The van der Waals surface area contributed by atoms with Crippen molar-refractivity contribution in [2.45, 2.75) is 32.9 Å². The summed E-state index contributed by atoms with van der Waals surface area (Å²) in [5.41, 5.74) is 0.895. The molecule has 21 heavy (non-hydrogen) atoms. The van der Waals surface area contributed by atoms with E-state index in [2.05, 4.69) is 29.4 Å². The third-order valence-corrected chi connectivity index (χ3v) is 5.43. The van der Waals surface area contributed by atoms with Gasteiger partial charge in [0.2, 0.25) is 0 Å². The van der Waals surface area contributed by atoms with Crippen molar-refractivity contribution in [2.24, 2.45) is 5.92 Å². The van der Waals surface area contributed by atoms with Gasteiger partial charge in [-0.3, -0.25) is 0 Å². The maximum atomic E-state index is 11.5. The van der Waals surface area contributed by atoms with Gasteiger partial charge in [-0.25, -0.2) is 8.42 Å². The summed E-state index contributed by atoms with van der Waals surface area (Å²) in [6, 6.07) is 3.86. The van der Waals surface area contributed by atoms with Gasteiger partial charge in [0, 0.05) is 19.6 Å². The first-order chi connectivity index (χ1) is 9.87. The second-order valence-electron chi connectivity index (χ2n) is 6.08. The van der Waals surface area contributed by atoms with Crippen LogP contribution in [0.15, 0.2) is 12.1 Å². The van der Waals surface area contributed by atoms with Crippen LogP contribution in [-0.2, 0) is 16.4 Å². The summed E-state index contributed by atoms with van der Waals surface area (Å²) in [5.74, 6) is 1.81. The molecule has 2 heterocycles. The number of sulfone groups is 1. The maximum Gasteiger partial charge on any atom is 0.152 e. The van der Waals surface area contributed by atoms with E-state index in [1.165, 1.54) is 0 Å². The van der Waals surface area contributed by atoms with Gasteiger partial charge in [-0.15, -0.1) is 5.10 Å². The van der Waals surface area contributed by atoms with Gasteiger partial charge in [-0.05, 0) is 31.0 Å². The number of nitrogens with zero attached hydrogens (tertiary/aromatic N) is 3. The molecule has 0 amide bonds. The smallest absolute Gasteiger partial charge is 0.152 e. The molecule has 1 N–H and O–H groups in total. The van der Waals surface area contributed by atoms with Crippen molar-refractivity contribution in [3.8, 4) is 0 Å². The van der Waals surface area contributed by atoms with Gasteiger partial charge in [0.25, 0.3) is 0 Å². The van der Waals surface area contributed by atoms with E-state index >= 15 is 0 Å². The highest BCUT2D eigenvalue weighted by Gasteiger charge is 2.31. The highest BCUT2D eigenvalue weighted by molar-refractivity contribution is 7.91. The van der Waals surface area contributed by atoms with Gasteiger partial charge in [-0.1, -0.05) is 13.8 Å². The Morgan fingerprint density at radius 3 is 2.67 bits per heavy atom. The Balaban J connectivity index is 1.92. The molecule has 1 unspecified atom stereocenters. The fourth-order valence-corrected chi connectivity index (χ4v) is 4.17. The summed E-state index contributed by atoms with van der Waals surface area (Å²) in [6.07, 6.45) is 0.665. The summed E-state index contributed by atoms with van der Waals surface area (Å²) in [4.78, 5) is 1.92. The van der Waals surface area contributed by atoms with Gasteiger partial charge >= 0.3 is 0 Å². The van der Waals surface area contributed by atoms with E-state index in [-0.39, 0.29) is 17.5 Å². The van der Waals surface area contributed by atoms with Crippen LogP contribution in [0.4, 0.5) is 5.82 Å². The van der Waals surface area contributed by atoms with Crippen LogP contribution >= 0.6 is 0 Å². The van der Waals surface area contributed by atoms with Crippen molar-refractivity contribution in [2.75, 3.05) is 30.0 Å². The Labute approximate surface area is 126 Å². The predicted octanol–water partition coefficient (Wildman–Crippen LogP) is 0.845. The molecule has 1 aliphatic heterocycles. The summed E-state index contributed by atoms with van der Waals surface area (Å²) >= 11 is 0. The number of rotatable bonds is 6. The maximum absolute atomic E-state index is 11.5. The van der Waals surface area contributed by atoms with Crippen molar-refractivity contribution in [1.82, 2.24) is 15.5 Å². The number of nitrogens with one attached hydrogen (secondary N) is 1. The summed E-state index contributed by atoms with van der Waals surface area (Å²) < 4.78 is 23.1. The van der Waals surface area contributed by atoms with Crippen LogP contribution < -0.4 is 10.2 Å². The van der Waals surface area contributed by atoms with Crippen LogP contribution in [0, 0.1) is 5.92 Å². The topological polar surface area (TPSA) is 75.2 Å². The minimum Gasteiger partial charge on any atom is -0.354 e. The van der Waals surface area contributed by atoms with E-state index < -0.39 is 9.84 Å². The number of hydrogen-bond donors (Lipinski definition) is 1. The molecule has 1 atom stereocenters. The zero-order valence-corrected chi connectivity index (χ0v) is 13.7. The fourth-order valence-electron chi connectivity index (χ4n) is 2.39. The van der Waals surface area contributed by atoms with Crippen LogP contribution in [0.3, 0.4) is 0 Å². The van der Waals surface area contributed by atoms with E-state index in [0.717, 1.165) is 18.1 Å². The van der Waals surface area contributed by atoms with E-state index in [9.17, 15) is 8.42 Å². The first kappa shape index (κ1) is 16.2. The third kappa shape index (κ3) is 4.64. The molecule has 1 aromatic rings. The van der Waals surface area contributed by atoms with Crippen molar-refractivity contribution >= 4 is 15.7 Å². The first-order valence-electron chi connectivity index (χ1n) is 7.34. The van der Waals surface area contributed by atoms with Crippen LogP contribution in [0.2, 0.25) is 0 Å². The zero-order valence-electron chi connectivity index (χ0n) is 12.9. The monoisotopic (exact) mass is 312 g/mol. The largest absolute Gasteiger partial charge is 0.354 e. The Morgan fingerprint density at radius 1 is 1.38 bits per heavy atom. The standard InChI is InChI=1S/C14H24N4O2S/c1-11(2)8-15-9-12-4-5-14(17-16-12)18(3)13-6-7-21(19,20)10-13/h4-5,11,13,15H,6-10H2,1-3H3. The second-order valence-corrected chi connectivity index (χ2v) is 8.30. The second kappa shape index (κ2) is 6.70. The highest BCUT2D eigenvalue weighted by atomic mass is 32.2. The molecule has 7 heteroatoms. The molecule has 0 radical (unpaired) electrons. The Morgan fingerprint density at radius 2 is 2.14 bits per heavy atom. The molecular formula is C14H24N4O2S. The lowest BCUT2D eigenvalue weighted by Gasteiger charge is -2.23. The van der Waals surface area contributed by atoms with Crippen LogP contribution in [0.5, 0.6) is 0 Å². The predicted molar refractivity (Wildman–Crippen MR) is 84.0 cm³/mol. The minimum atomic E-state index is -2.88. The Bertz CT molecular complexity index is 557. The highest BCUT2D eigenvalue weighted by Crippen LogP contribution is 2.20. The minimum absolute atomic E-state index is 0.00853. The van der Waals surface area contributed by atoms with Crippen LogP contribution in [-0.4, -0.2) is 49.8 Å². The lowest BCUT2D eigenvalue weighted by Crippen LogP contribution is -2.33. The molecular weight excluding hydrogens is 288 g/mol. The van der Waals surface area contributed by atoms with Crippen molar-refractivity contribution < 1.29 is 8.42 Å². The van der Waals surface area contributed by atoms with Crippen LogP contribution in [0.25, 0.3) is 0 Å². The van der Waals surface area contributed by atoms with Gasteiger partial charge in [0.05, 0.1) is 17.2 Å². The van der Waals surface area contributed by atoms with Gasteiger partial charge in [0.1, 0.15) is 0 Å². The Kier molecular flexibility index (Phi) is 5.16. The SMILES string of the molecule is CC(C)CNCc1ccc(N(C)C2CCS(=O)(=O)C2)nn1. The third-order valence-electron chi connectivity index (χ3n) is 3.68. The molecule has 2 rings (SSSR count). The van der Waals surface area contributed by atoms with E-state index in [1.807, 2.05) is 24.1 Å². The first-order valence-corrected chi connectivity index (χ1v) is 9.16. The summed E-state index contributed by atoms with van der Waals surface area (Å²) in [7, 11) is -0.996. The molecule has 1 aliphatic rings. The quantitative estimate of drug-likeness (QED) is 0.839. The van der Waals surface area contributed by atoms with Gasteiger partial charge in [-0.2, -0.15) is 5.10 Å². The average Bonchev–Trinajstić information content (AvgIpc) is 2.79. The lowest BCUT2D eigenvalue weighted by molar-refractivity contribution is 0.545. The van der Waals surface area contributed by atoms with Gasteiger partial charge < -0.3 is 10.2 Å². The lowest BCUT2D eigenvalue weighted by atomic mass is 10.2. The van der Waals surface area contributed by atoms with Crippen molar-refractivity contribution in [3.63, 3.8) is 0 Å². The van der Waals surface area contributed by atoms with Crippen LogP contribution in [0.1, 0.15) is 26.0 Å². The van der Waals surface area contributed by atoms with E-state index in [0.29, 0.717) is 18.9 Å². The normalized spacial score (nSPS) is 20.9. The van der Waals surface area contributed by atoms with Crippen molar-refractivity contribution in [1.29, 1.82) is 0 Å². The van der Waals surface area contributed by atoms with Gasteiger partial charge in [0.15, 0.2) is 15.7 Å². The molecule has 1 saturated heterocycles. The molecule has 1 aromatic heterocycles. The molecule has 6 nitrogen and oxygen atoms in total. The molecule has 0 aromatic carbocycles. The zero-order chi connectivity index (χ0) is 15.5. The average molecular weight is 312 g/mol. The molecule has 1 fully saturated rings. The molecule has 118 valence electrons. The fraction of sp³-hybridized carbons (Fsp3) is 0.714. The number of anilines is 1. The summed E-state index contributed by atoms with van der Waals surface area (Å²) in [6.45, 7) is 5.97. The number of hydrogen-bond acceptors (Lipinski definition) is 6. The number of aromatic nitrogens is 2. The molecule has 0 spiro atoms. The van der Waals surface area contributed by atoms with Crippen molar-refractivity contribution in [3.05, 3.63) is 17.8 Å². The van der Waals surface area contributed by atoms with E-state index in [1.54, 1.807) is 0 Å². The van der Waals surface area contributed by atoms with E-state index in [4.69, 9.17) is 0 Å². The molecule has 0 aliphatic carbocycles. The molecule has 0 saturated carbocycles. The Hall–Kier alpha value is -1.21. The molecule has 0 bridgehead atoms. The summed E-state index contributed by atoms with van der Waals surface area (Å²) in [5, 5.41) is 11.7.